The number of rotatable bonds is 10. The van der Waals surface area contributed by atoms with Gasteiger partial charge in [-0.05, 0) is 56.0 Å². The number of ether oxygens (including phenoxy) is 2. The van der Waals surface area contributed by atoms with Crippen molar-refractivity contribution < 1.29 is 38.1 Å². The van der Waals surface area contributed by atoms with Crippen LogP contribution in [0.15, 0.2) is 42.7 Å². The SMILES string of the molecule is CCOC(=O)[C@H](C)NP(=O)(OC[C@H]1O[C@@](C)(c2ccc3c(N)ncnn23)[C@H](O)[C@@H]1O)Oc1ccc(C(C)(C)C)cc1. The van der Waals surface area contributed by atoms with Crippen molar-refractivity contribution in [3.63, 3.8) is 0 Å². The fraction of sp³-hybridized carbons (Fsp3) is 0.519. The zero-order chi connectivity index (χ0) is 30.2. The monoisotopic (exact) mass is 591 g/mol. The van der Waals surface area contributed by atoms with Gasteiger partial charge < -0.3 is 29.9 Å². The van der Waals surface area contributed by atoms with E-state index in [0.717, 1.165) is 5.56 Å². The molecule has 1 saturated heterocycles. The van der Waals surface area contributed by atoms with Gasteiger partial charge in [-0.25, -0.2) is 14.1 Å². The average molecular weight is 592 g/mol. The molecule has 14 heteroatoms. The minimum Gasteiger partial charge on any atom is -0.465 e. The first kappa shape index (κ1) is 30.9. The third-order valence-corrected chi connectivity index (χ3v) is 8.65. The molecular formula is C27H38N5O8P. The van der Waals surface area contributed by atoms with E-state index in [1.165, 1.54) is 17.8 Å². The number of nitrogen functional groups attached to an aromatic ring is 1. The van der Waals surface area contributed by atoms with Crippen molar-refractivity contribution in [2.75, 3.05) is 18.9 Å². The van der Waals surface area contributed by atoms with Crippen molar-refractivity contribution in [2.24, 2.45) is 0 Å². The summed E-state index contributed by atoms with van der Waals surface area (Å²) in [6.07, 6.45) is -2.68. The number of carbonyl (C=O) groups is 1. The van der Waals surface area contributed by atoms with Gasteiger partial charge in [-0.3, -0.25) is 9.32 Å². The summed E-state index contributed by atoms with van der Waals surface area (Å²) in [6.45, 7) is 10.6. The number of carbonyl (C=O) groups excluding carboxylic acids is 1. The molecule has 2 aromatic heterocycles. The predicted octanol–water partition coefficient (Wildman–Crippen LogP) is 2.69. The van der Waals surface area contributed by atoms with Gasteiger partial charge in [-0.2, -0.15) is 10.2 Å². The molecule has 3 aromatic rings. The van der Waals surface area contributed by atoms with Crippen LogP contribution in [0.1, 0.15) is 52.8 Å². The first-order chi connectivity index (χ1) is 19.2. The molecule has 1 fully saturated rings. The topological polar surface area (TPSA) is 180 Å². The Bertz CT molecular complexity index is 1430. The number of aromatic nitrogens is 3. The van der Waals surface area contributed by atoms with Crippen LogP contribution in [0, 0.1) is 0 Å². The highest BCUT2D eigenvalue weighted by Gasteiger charge is 2.54. The molecule has 1 aromatic carbocycles. The van der Waals surface area contributed by atoms with Crippen LogP contribution in [-0.2, 0) is 34.4 Å². The zero-order valence-corrected chi connectivity index (χ0v) is 24.9. The highest BCUT2D eigenvalue weighted by atomic mass is 31.2. The van der Waals surface area contributed by atoms with Crippen molar-refractivity contribution in [1.29, 1.82) is 0 Å². The number of nitrogens with one attached hydrogen (secondary N) is 1. The summed E-state index contributed by atoms with van der Waals surface area (Å²) in [6, 6.07) is 9.29. The van der Waals surface area contributed by atoms with E-state index in [2.05, 4.69) is 35.9 Å². The van der Waals surface area contributed by atoms with Gasteiger partial charge >= 0.3 is 13.7 Å². The van der Waals surface area contributed by atoms with Gasteiger partial charge in [0.15, 0.2) is 5.82 Å². The standard InChI is InChI=1S/C27H38N5O8P/c1-7-37-25(35)16(2)31-41(36,40-18-10-8-17(9-11-18)26(3,4)5)38-14-20-22(33)23(34)27(6,39-20)21-13-12-19-24(28)29-15-30-32(19)21/h8-13,15-16,20,22-23,33-34H,7,14H2,1-6H3,(H,31,36)(H2,28,29,30)/t16-,20+,22+,23+,27-,41?/m0/s1. The molecule has 13 nitrogen and oxygen atoms in total. The van der Waals surface area contributed by atoms with Gasteiger partial charge in [-0.1, -0.05) is 32.9 Å². The molecule has 4 rings (SSSR count). The van der Waals surface area contributed by atoms with Gasteiger partial charge in [0, 0.05) is 0 Å². The van der Waals surface area contributed by atoms with Crippen molar-refractivity contribution >= 4 is 25.1 Å². The van der Waals surface area contributed by atoms with E-state index in [9.17, 15) is 19.6 Å². The fourth-order valence-corrected chi connectivity index (χ4v) is 6.13. The number of hydrogen-bond donors (Lipinski definition) is 4. The lowest BCUT2D eigenvalue weighted by molar-refractivity contribution is -0.144. The molecular weight excluding hydrogens is 553 g/mol. The Morgan fingerprint density at radius 2 is 1.93 bits per heavy atom. The summed E-state index contributed by atoms with van der Waals surface area (Å²) >= 11 is 0. The smallest absolute Gasteiger partial charge is 0.459 e. The summed E-state index contributed by atoms with van der Waals surface area (Å²) in [4.78, 5) is 16.3. The maximum Gasteiger partial charge on any atom is 0.459 e. The molecule has 0 spiro atoms. The highest BCUT2D eigenvalue weighted by molar-refractivity contribution is 7.52. The Balaban J connectivity index is 1.56. The summed E-state index contributed by atoms with van der Waals surface area (Å²) in [7, 11) is -4.24. The lowest BCUT2D eigenvalue weighted by Crippen LogP contribution is -2.40. The molecule has 1 aliphatic heterocycles. The molecule has 5 N–H and O–H groups in total. The Kier molecular flexibility index (Phi) is 8.79. The molecule has 0 saturated carbocycles. The minimum absolute atomic E-state index is 0.109. The van der Waals surface area contributed by atoms with E-state index in [0.29, 0.717) is 11.2 Å². The Labute approximate surface area is 238 Å². The molecule has 1 aliphatic rings. The van der Waals surface area contributed by atoms with Crippen LogP contribution >= 0.6 is 7.75 Å². The first-order valence-electron chi connectivity index (χ1n) is 13.3. The summed E-state index contributed by atoms with van der Waals surface area (Å²) in [5, 5.41) is 28.7. The number of nitrogens with two attached hydrogens (primary N) is 1. The van der Waals surface area contributed by atoms with Crippen molar-refractivity contribution in [1.82, 2.24) is 19.7 Å². The largest absolute Gasteiger partial charge is 0.465 e. The third kappa shape index (κ3) is 6.40. The van der Waals surface area contributed by atoms with Gasteiger partial charge in [0.1, 0.15) is 47.5 Å². The Morgan fingerprint density at radius 3 is 2.56 bits per heavy atom. The molecule has 1 unspecified atom stereocenters. The predicted molar refractivity (Wildman–Crippen MR) is 150 cm³/mol. The maximum absolute atomic E-state index is 13.9. The number of benzene rings is 1. The second kappa shape index (κ2) is 11.7. The summed E-state index contributed by atoms with van der Waals surface area (Å²) < 4.78 is 38.0. The lowest BCUT2D eigenvalue weighted by Gasteiger charge is -2.27. The van der Waals surface area contributed by atoms with Crippen LogP contribution in [0.2, 0.25) is 0 Å². The number of hydrogen-bond acceptors (Lipinski definition) is 11. The van der Waals surface area contributed by atoms with Gasteiger partial charge in [-0.15, -0.1) is 0 Å². The molecule has 41 heavy (non-hydrogen) atoms. The quantitative estimate of drug-likeness (QED) is 0.200. The van der Waals surface area contributed by atoms with Gasteiger partial charge in [0.2, 0.25) is 0 Å². The maximum atomic E-state index is 13.9. The van der Waals surface area contributed by atoms with Gasteiger partial charge in [0.25, 0.3) is 0 Å². The number of fused-ring (bicyclic) bond motifs is 1. The summed E-state index contributed by atoms with van der Waals surface area (Å²) in [5.41, 5.74) is 6.36. The summed E-state index contributed by atoms with van der Waals surface area (Å²) in [5.74, 6) is -0.178. The lowest BCUT2D eigenvalue weighted by atomic mass is 9.87. The van der Waals surface area contributed by atoms with Crippen molar-refractivity contribution in [3.8, 4) is 5.75 Å². The fourth-order valence-electron chi connectivity index (χ4n) is 4.63. The van der Waals surface area contributed by atoms with Crippen LogP contribution in [0.3, 0.4) is 0 Å². The normalized spacial score (nSPS) is 25.1. The van der Waals surface area contributed by atoms with Crippen LogP contribution < -0.4 is 15.3 Å². The van der Waals surface area contributed by atoms with Crippen LogP contribution in [0.4, 0.5) is 5.82 Å². The van der Waals surface area contributed by atoms with Crippen molar-refractivity contribution in [2.45, 2.75) is 76.9 Å². The Hall–Kier alpha value is -3.06. The van der Waals surface area contributed by atoms with Gasteiger partial charge in [0.05, 0.1) is 18.9 Å². The highest BCUT2D eigenvalue weighted by Crippen LogP contribution is 2.47. The molecule has 0 amide bonds. The van der Waals surface area contributed by atoms with E-state index in [-0.39, 0.29) is 23.6 Å². The molecule has 0 aliphatic carbocycles. The van der Waals surface area contributed by atoms with E-state index in [1.807, 2.05) is 12.1 Å². The number of nitrogens with zero attached hydrogens (tertiary/aromatic N) is 3. The van der Waals surface area contributed by atoms with Crippen LogP contribution in [0.5, 0.6) is 5.75 Å². The second-order valence-corrected chi connectivity index (χ2v) is 12.8. The Morgan fingerprint density at radius 1 is 1.24 bits per heavy atom. The molecule has 0 radical (unpaired) electrons. The second-order valence-electron chi connectivity index (χ2n) is 11.1. The van der Waals surface area contributed by atoms with E-state index >= 15 is 0 Å². The van der Waals surface area contributed by atoms with Crippen molar-refractivity contribution in [3.05, 3.63) is 54.0 Å². The minimum atomic E-state index is -4.24. The van der Waals surface area contributed by atoms with E-state index in [1.54, 1.807) is 38.1 Å². The van der Waals surface area contributed by atoms with E-state index < -0.39 is 50.3 Å². The zero-order valence-electron chi connectivity index (χ0n) is 24.0. The van der Waals surface area contributed by atoms with E-state index in [4.69, 9.17) is 24.3 Å². The first-order valence-corrected chi connectivity index (χ1v) is 14.8. The number of anilines is 1. The molecule has 0 bridgehead atoms. The molecule has 224 valence electrons. The van der Waals surface area contributed by atoms with Crippen LogP contribution in [0.25, 0.3) is 5.52 Å². The molecule has 3 heterocycles. The number of esters is 1. The number of aliphatic hydroxyl groups excluding tert-OH is 2. The third-order valence-electron chi connectivity index (χ3n) is 7.00. The average Bonchev–Trinajstić information content (AvgIpc) is 3.44. The van der Waals surface area contributed by atoms with Crippen LogP contribution in [-0.4, -0.2) is 68.3 Å². The number of aliphatic hydroxyl groups is 2. The molecule has 6 atom stereocenters.